The molecule has 1 amide bonds. The van der Waals surface area contributed by atoms with E-state index in [1.807, 2.05) is 24.4 Å². The molecule has 0 aromatic carbocycles. The number of halogens is 1. The minimum atomic E-state index is -0.321. The molecule has 0 aliphatic carbocycles. The highest BCUT2D eigenvalue weighted by Crippen LogP contribution is 2.15. The molecular formula is C14H10ClN5O. The largest absolute Gasteiger partial charge is 0.297 e. The molecular weight excluding hydrogens is 290 g/mol. The van der Waals surface area contributed by atoms with Crippen LogP contribution < -0.4 is 5.43 Å². The van der Waals surface area contributed by atoms with Crippen molar-refractivity contribution in [1.82, 2.24) is 19.8 Å². The molecule has 0 fully saturated rings. The molecule has 0 atom stereocenters. The molecule has 0 bridgehead atoms. The van der Waals surface area contributed by atoms with Crippen molar-refractivity contribution in [2.24, 2.45) is 5.10 Å². The summed E-state index contributed by atoms with van der Waals surface area (Å²) in [6, 6.07) is 8.76. The highest BCUT2D eigenvalue weighted by atomic mass is 35.5. The van der Waals surface area contributed by atoms with Crippen LogP contribution in [0.5, 0.6) is 0 Å². The number of amides is 1. The van der Waals surface area contributed by atoms with Crippen LogP contribution in [0.4, 0.5) is 0 Å². The van der Waals surface area contributed by atoms with Crippen molar-refractivity contribution in [3.8, 4) is 0 Å². The quantitative estimate of drug-likeness (QED) is 0.595. The fourth-order valence-electron chi connectivity index (χ4n) is 1.82. The van der Waals surface area contributed by atoms with Crippen molar-refractivity contribution in [3.05, 3.63) is 65.3 Å². The molecule has 3 aromatic heterocycles. The molecule has 0 radical (unpaired) electrons. The minimum absolute atomic E-state index is 0.321. The summed E-state index contributed by atoms with van der Waals surface area (Å²) in [7, 11) is 0. The van der Waals surface area contributed by atoms with Crippen molar-refractivity contribution in [1.29, 1.82) is 0 Å². The monoisotopic (exact) mass is 299 g/mol. The predicted octanol–water partition coefficient (Wildman–Crippen LogP) is 2.15. The smallest absolute Gasteiger partial charge is 0.271 e. The normalized spacial score (nSPS) is 11.1. The van der Waals surface area contributed by atoms with E-state index in [2.05, 4.69) is 20.5 Å². The molecule has 104 valence electrons. The van der Waals surface area contributed by atoms with Crippen LogP contribution in [0.1, 0.15) is 16.1 Å². The van der Waals surface area contributed by atoms with Crippen molar-refractivity contribution in [3.63, 3.8) is 0 Å². The molecule has 21 heavy (non-hydrogen) atoms. The maximum absolute atomic E-state index is 11.8. The number of carbonyl (C=O) groups excluding carboxylic acids is 1. The molecule has 3 heterocycles. The van der Waals surface area contributed by atoms with Gasteiger partial charge in [0, 0.05) is 24.2 Å². The molecule has 3 aromatic rings. The lowest BCUT2D eigenvalue weighted by Gasteiger charge is -1.99. The summed E-state index contributed by atoms with van der Waals surface area (Å²) in [5, 5.41) is 4.23. The summed E-state index contributed by atoms with van der Waals surface area (Å²) in [5.74, 6) is -0.321. The summed E-state index contributed by atoms with van der Waals surface area (Å²) in [6.07, 6.45) is 6.36. The van der Waals surface area contributed by atoms with Crippen LogP contribution in [0.3, 0.4) is 0 Å². The zero-order valence-corrected chi connectivity index (χ0v) is 11.5. The molecule has 1 N–H and O–H groups in total. The molecule has 0 saturated carbocycles. The zero-order chi connectivity index (χ0) is 14.7. The van der Waals surface area contributed by atoms with Gasteiger partial charge in [-0.1, -0.05) is 17.7 Å². The van der Waals surface area contributed by atoms with Gasteiger partial charge >= 0.3 is 0 Å². The molecule has 6 nitrogen and oxygen atoms in total. The Balaban J connectivity index is 1.79. The summed E-state index contributed by atoms with van der Waals surface area (Å²) in [6.45, 7) is 0. The fraction of sp³-hybridized carbons (Fsp3) is 0. The average molecular weight is 300 g/mol. The standard InChI is InChI=1S/C14H10ClN5O/c15-13-11(20-8-2-1-3-12(20)18-13)9-17-19-14(21)10-4-6-16-7-5-10/h1-9H,(H,19,21)/b17-9+. The Labute approximate surface area is 125 Å². The first-order chi connectivity index (χ1) is 10.3. The third kappa shape index (κ3) is 2.75. The van der Waals surface area contributed by atoms with Crippen LogP contribution in [0, 0.1) is 0 Å². The number of rotatable bonds is 3. The first-order valence-electron chi connectivity index (χ1n) is 6.12. The van der Waals surface area contributed by atoms with Gasteiger partial charge in [-0.05, 0) is 24.3 Å². The van der Waals surface area contributed by atoms with Gasteiger partial charge in [0.25, 0.3) is 5.91 Å². The van der Waals surface area contributed by atoms with Crippen LogP contribution >= 0.6 is 11.6 Å². The van der Waals surface area contributed by atoms with Gasteiger partial charge < -0.3 is 0 Å². The van der Waals surface area contributed by atoms with E-state index in [0.717, 1.165) is 0 Å². The minimum Gasteiger partial charge on any atom is -0.297 e. The number of fused-ring (bicyclic) bond motifs is 1. The van der Waals surface area contributed by atoms with Crippen LogP contribution in [0.2, 0.25) is 5.15 Å². The van der Waals surface area contributed by atoms with E-state index < -0.39 is 0 Å². The summed E-state index contributed by atoms with van der Waals surface area (Å²) >= 11 is 6.06. The van der Waals surface area contributed by atoms with Gasteiger partial charge in [-0.3, -0.25) is 14.2 Å². The van der Waals surface area contributed by atoms with Gasteiger partial charge in [-0.15, -0.1) is 0 Å². The SMILES string of the molecule is O=C(N/N=C/c1c(Cl)nc2ccccn12)c1ccncc1. The fourth-order valence-corrected chi connectivity index (χ4v) is 2.05. The Morgan fingerprint density at radius 3 is 2.90 bits per heavy atom. The number of hydrogen-bond donors (Lipinski definition) is 1. The van der Waals surface area contributed by atoms with E-state index in [-0.39, 0.29) is 5.91 Å². The molecule has 3 rings (SSSR count). The molecule has 0 saturated heterocycles. The van der Waals surface area contributed by atoms with E-state index in [0.29, 0.717) is 22.1 Å². The van der Waals surface area contributed by atoms with Crippen molar-refractivity contribution in [2.75, 3.05) is 0 Å². The highest BCUT2D eigenvalue weighted by Gasteiger charge is 2.07. The Morgan fingerprint density at radius 2 is 2.10 bits per heavy atom. The molecule has 0 aliphatic rings. The van der Waals surface area contributed by atoms with Crippen molar-refractivity contribution in [2.45, 2.75) is 0 Å². The Hall–Kier alpha value is -2.73. The van der Waals surface area contributed by atoms with Gasteiger partial charge in [0.15, 0.2) is 5.15 Å². The molecule has 0 spiro atoms. The van der Waals surface area contributed by atoms with E-state index >= 15 is 0 Å². The molecule has 0 aliphatic heterocycles. The van der Waals surface area contributed by atoms with Gasteiger partial charge in [-0.25, -0.2) is 10.4 Å². The van der Waals surface area contributed by atoms with E-state index in [1.54, 1.807) is 28.9 Å². The average Bonchev–Trinajstić information content (AvgIpc) is 2.84. The summed E-state index contributed by atoms with van der Waals surface area (Å²) in [4.78, 5) is 19.8. The lowest BCUT2D eigenvalue weighted by atomic mass is 10.3. The first kappa shape index (κ1) is 13.3. The number of imidazole rings is 1. The van der Waals surface area contributed by atoms with Crippen LogP contribution in [-0.2, 0) is 0 Å². The van der Waals surface area contributed by atoms with E-state index in [1.165, 1.54) is 6.21 Å². The van der Waals surface area contributed by atoms with E-state index in [9.17, 15) is 4.79 Å². The number of hydrazone groups is 1. The second kappa shape index (κ2) is 5.72. The second-order valence-corrected chi connectivity index (χ2v) is 4.51. The lowest BCUT2D eigenvalue weighted by molar-refractivity contribution is 0.0955. The number of pyridine rings is 2. The first-order valence-corrected chi connectivity index (χ1v) is 6.49. The van der Waals surface area contributed by atoms with Crippen LogP contribution in [0.25, 0.3) is 5.65 Å². The van der Waals surface area contributed by atoms with Crippen LogP contribution in [0.15, 0.2) is 54.0 Å². The van der Waals surface area contributed by atoms with Gasteiger partial charge in [-0.2, -0.15) is 5.10 Å². The van der Waals surface area contributed by atoms with Crippen molar-refractivity contribution < 1.29 is 4.79 Å². The number of nitrogens with one attached hydrogen (secondary N) is 1. The number of aromatic nitrogens is 3. The number of hydrogen-bond acceptors (Lipinski definition) is 4. The van der Waals surface area contributed by atoms with Crippen molar-refractivity contribution >= 4 is 29.4 Å². The highest BCUT2D eigenvalue weighted by molar-refractivity contribution is 6.32. The molecule has 0 unspecified atom stereocenters. The summed E-state index contributed by atoms with van der Waals surface area (Å²) in [5.41, 5.74) is 4.22. The van der Waals surface area contributed by atoms with Gasteiger partial charge in [0.05, 0.1) is 6.21 Å². The Kier molecular flexibility index (Phi) is 3.61. The lowest BCUT2D eigenvalue weighted by Crippen LogP contribution is -2.17. The Bertz CT molecular complexity index is 813. The second-order valence-electron chi connectivity index (χ2n) is 4.15. The maximum Gasteiger partial charge on any atom is 0.271 e. The van der Waals surface area contributed by atoms with Crippen LogP contribution in [-0.4, -0.2) is 26.5 Å². The number of nitrogens with zero attached hydrogens (tertiary/aromatic N) is 4. The van der Waals surface area contributed by atoms with Gasteiger partial charge in [0.2, 0.25) is 0 Å². The van der Waals surface area contributed by atoms with E-state index in [4.69, 9.17) is 11.6 Å². The number of carbonyl (C=O) groups is 1. The topological polar surface area (TPSA) is 71.7 Å². The molecule has 7 heteroatoms. The Morgan fingerprint density at radius 1 is 1.29 bits per heavy atom. The maximum atomic E-state index is 11.8. The third-order valence-electron chi connectivity index (χ3n) is 2.82. The zero-order valence-electron chi connectivity index (χ0n) is 10.8. The summed E-state index contributed by atoms with van der Waals surface area (Å²) < 4.78 is 1.78. The third-order valence-corrected chi connectivity index (χ3v) is 3.10. The van der Waals surface area contributed by atoms with Gasteiger partial charge in [0.1, 0.15) is 11.3 Å². The predicted molar refractivity (Wildman–Crippen MR) is 79.5 cm³/mol.